The van der Waals surface area contributed by atoms with Crippen molar-refractivity contribution >= 4 is 10.9 Å². The Morgan fingerprint density at radius 1 is 1.48 bits per heavy atom. The molecule has 110 valence electrons. The van der Waals surface area contributed by atoms with Crippen LogP contribution in [0.15, 0.2) is 53.4 Å². The Labute approximate surface area is 124 Å². The van der Waals surface area contributed by atoms with Gasteiger partial charge in [-0.3, -0.25) is 4.79 Å². The van der Waals surface area contributed by atoms with Crippen molar-refractivity contribution in [3.8, 4) is 0 Å². The monoisotopic (exact) mass is 283 g/mol. The van der Waals surface area contributed by atoms with Crippen LogP contribution in [0.25, 0.3) is 10.9 Å². The van der Waals surface area contributed by atoms with Crippen LogP contribution in [0.3, 0.4) is 0 Å². The topological polar surface area (TPSA) is 60.9 Å². The highest BCUT2D eigenvalue weighted by Crippen LogP contribution is 2.25. The van der Waals surface area contributed by atoms with Gasteiger partial charge in [0.15, 0.2) is 0 Å². The molecule has 1 aromatic carbocycles. The molecule has 0 saturated carbocycles. The molecule has 2 rings (SSSR count). The third-order valence-electron chi connectivity index (χ3n) is 3.45. The van der Waals surface area contributed by atoms with E-state index in [-0.39, 0.29) is 11.5 Å². The summed E-state index contributed by atoms with van der Waals surface area (Å²) in [4.78, 5) is 17.0. The highest BCUT2D eigenvalue weighted by atomic mass is 16.1. The van der Waals surface area contributed by atoms with Gasteiger partial charge < -0.3 is 5.84 Å². The zero-order valence-corrected chi connectivity index (χ0v) is 12.5. The molecule has 0 aliphatic carbocycles. The van der Waals surface area contributed by atoms with E-state index in [4.69, 9.17) is 5.84 Å². The minimum absolute atomic E-state index is 0.0565. The molecule has 0 amide bonds. The maximum Gasteiger partial charge on any atom is 0.279 e. The zero-order valence-electron chi connectivity index (χ0n) is 12.5. The summed E-state index contributed by atoms with van der Waals surface area (Å²) in [5.74, 6) is 6.65. The van der Waals surface area contributed by atoms with Crippen LogP contribution in [0.5, 0.6) is 0 Å². The molecule has 4 heteroatoms. The lowest BCUT2D eigenvalue weighted by Crippen LogP contribution is -2.33. The lowest BCUT2D eigenvalue weighted by molar-refractivity contribution is 0.608. The second-order valence-electron chi connectivity index (χ2n) is 5.33. The number of nitrogens with zero attached hydrogens (tertiary/aromatic N) is 2. The van der Waals surface area contributed by atoms with Gasteiger partial charge in [0.25, 0.3) is 5.56 Å². The number of para-hydroxylation sites is 1. The SMILES string of the molecule is C=C(C)C[C@@H](C/C=C/C)c1nc2ccccc2c(=O)n1N. The summed E-state index contributed by atoms with van der Waals surface area (Å²) in [6.07, 6.45) is 5.60. The van der Waals surface area contributed by atoms with Crippen LogP contribution >= 0.6 is 0 Å². The van der Waals surface area contributed by atoms with E-state index in [1.54, 1.807) is 6.07 Å². The number of rotatable bonds is 5. The first-order valence-electron chi connectivity index (χ1n) is 7.07. The van der Waals surface area contributed by atoms with Crippen LogP contribution in [-0.4, -0.2) is 9.66 Å². The van der Waals surface area contributed by atoms with Gasteiger partial charge >= 0.3 is 0 Å². The fraction of sp³-hybridized carbons (Fsp3) is 0.294. The summed E-state index contributed by atoms with van der Waals surface area (Å²) in [5.41, 5.74) is 1.53. The second-order valence-corrected chi connectivity index (χ2v) is 5.33. The number of benzene rings is 1. The normalized spacial score (nSPS) is 12.9. The molecular formula is C17H21N3O. The van der Waals surface area contributed by atoms with Gasteiger partial charge in [-0.15, -0.1) is 6.58 Å². The van der Waals surface area contributed by atoms with Crippen molar-refractivity contribution < 1.29 is 0 Å². The van der Waals surface area contributed by atoms with Crippen LogP contribution in [0.4, 0.5) is 0 Å². The minimum atomic E-state index is -0.206. The number of allylic oxidation sites excluding steroid dienone is 3. The van der Waals surface area contributed by atoms with Gasteiger partial charge in [-0.1, -0.05) is 29.9 Å². The lowest BCUT2D eigenvalue weighted by atomic mass is 9.96. The first kappa shape index (κ1) is 15.0. The van der Waals surface area contributed by atoms with E-state index in [0.29, 0.717) is 16.7 Å². The number of aromatic nitrogens is 2. The molecule has 0 fully saturated rings. The van der Waals surface area contributed by atoms with Gasteiger partial charge in [0.05, 0.1) is 10.9 Å². The Morgan fingerprint density at radius 3 is 2.86 bits per heavy atom. The first-order chi connectivity index (χ1) is 10.0. The van der Waals surface area contributed by atoms with Crippen molar-refractivity contribution in [3.05, 3.63) is 64.7 Å². The highest BCUT2D eigenvalue weighted by molar-refractivity contribution is 5.77. The number of nitrogens with two attached hydrogens (primary N) is 1. The second kappa shape index (κ2) is 6.39. The average Bonchev–Trinajstić information content (AvgIpc) is 2.47. The van der Waals surface area contributed by atoms with Crippen LogP contribution in [-0.2, 0) is 0 Å². The Bertz CT molecular complexity index is 743. The Kier molecular flexibility index (Phi) is 4.58. The predicted octanol–water partition coefficient (Wildman–Crippen LogP) is 3.13. The number of fused-ring (bicyclic) bond motifs is 1. The van der Waals surface area contributed by atoms with Crippen molar-refractivity contribution in [1.82, 2.24) is 9.66 Å². The molecule has 1 atom stereocenters. The maximum absolute atomic E-state index is 12.4. The summed E-state index contributed by atoms with van der Waals surface area (Å²) in [6.45, 7) is 7.91. The number of hydrogen-bond acceptors (Lipinski definition) is 3. The van der Waals surface area contributed by atoms with Gasteiger partial charge in [0.2, 0.25) is 0 Å². The molecule has 0 spiro atoms. The molecule has 21 heavy (non-hydrogen) atoms. The molecule has 4 nitrogen and oxygen atoms in total. The standard InChI is InChI=1S/C17H21N3O/c1-4-5-8-13(11-12(2)3)16-19-15-10-7-6-9-14(15)17(21)20(16)18/h4-7,9-10,13H,2,8,11,18H2,1,3H3/b5-4+/t13-/m1/s1. The fourth-order valence-corrected chi connectivity index (χ4v) is 2.45. The van der Waals surface area contributed by atoms with E-state index in [1.807, 2.05) is 38.1 Å². The summed E-state index contributed by atoms with van der Waals surface area (Å²) < 4.78 is 1.18. The Balaban J connectivity index is 2.58. The molecule has 0 radical (unpaired) electrons. The van der Waals surface area contributed by atoms with E-state index in [1.165, 1.54) is 4.68 Å². The summed E-state index contributed by atoms with van der Waals surface area (Å²) >= 11 is 0. The van der Waals surface area contributed by atoms with Gasteiger partial charge in [0.1, 0.15) is 5.82 Å². The Hall–Kier alpha value is -2.36. The quantitative estimate of drug-likeness (QED) is 0.677. The lowest BCUT2D eigenvalue weighted by Gasteiger charge is -2.18. The van der Waals surface area contributed by atoms with E-state index in [9.17, 15) is 4.79 Å². The van der Waals surface area contributed by atoms with E-state index >= 15 is 0 Å². The maximum atomic E-state index is 12.4. The summed E-state index contributed by atoms with van der Waals surface area (Å²) in [6, 6.07) is 7.28. The molecule has 1 heterocycles. The molecule has 0 saturated heterocycles. The van der Waals surface area contributed by atoms with E-state index in [0.717, 1.165) is 18.4 Å². The van der Waals surface area contributed by atoms with Gasteiger partial charge in [-0.25, -0.2) is 9.66 Å². The van der Waals surface area contributed by atoms with Crippen molar-refractivity contribution in [2.75, 3.05) is 5.84 Å². The van der Waals surface area contributed by atoms with Crippen LogP contribution in [0, 0.1) is 0 Å². The molecule has 2 aromatic rings. The zero-order chi connectivity index (χ0) is 15.4. The Morgan fingerprint density at radius 2 is 2.19 bits per heavy atom. The highest BCUT2D eigenvalue weighted by Gasteiger charge is 2.18. The largest absolute Gasteiger partial charge is 0.335 e. The fourth-order valence-electron chi connectivity index (χ4n) is 2.45. The molecule has 0 aliphatic rings. The van der Waals surface area contributed by atoms with Crippen molar-refractivity contribution in [1.29, 1.82) is 0 Å². The van der Waals surface area contributed by atoms with Crippen molar-refractivity contribution in [3.63, 3.8) is 0 Å². The van der Waals surface area contributed by atoms with Gasteiger partial charge in [0, 0.05) is 5.92 Å². The smallest absolute Gasteiger partial charge is 0.279 e. The predicted molar refractivity (Wildman–Crippen MR) is 87.8 cm³/mol. The van der Waals surface area contributed by atoms with Gasteiger partial charge in [-0.05, 0) is 38.8 Å². The summed E-state index contributed by atoms with van der Waals surface area (Å²) in [7, 11) is 0. The molecular weight excluding hydrogens is 262 g/mol. The third-order valence-corrected chi connectivity index (χ3v) is 3.45. The molecule has 0 unspecified atom stereocenters. The molecule has 1 aromatic heterocycles. The van der Waals surface area contributed by atoms with Crippen LogP contribution in [0.1, 0.15) is 38.4 Å². The molecule has 0 aliphatic heterocycles. The average molecular weight is 283 g/mol. The summed E-state index contributed by atoms with van der Waals surface area (Å²) in [5, 5.41) is 0.545. The third kappa shape index (κ3) is 3.21. The van der Waals surface area contributed by atoms with Crippen LogP contribution in [0.2, 0.25) is 0 Å². The minimum Gasteiger partial charge on any atom is -0.335 e. The number of nitrogen functional groups attached to an aromatic ring is 1. The van der Waals surface area contributed by atoms with E-state index in [2.05, 4.69) is 17.6 Å². The molecule has 2 N–H and O–H groups in total. The van der Waals surface area contributed by atoms with Crippen LogP contribution < -0.4 is 11.4 Å². The van der Waals surface area contributed by atoms with Crippen molar-refractivity contribution in [2.45, 2.75) is 32.6 Å². The van der Waals surface area contributed by atoms with Gasteiger partial charge in [-0.2, -0.15) is 0 Å². The van der Waals surface area contributed by atoms with E-state index < -0.39 is 0 Å². The molecule has 0 bridgehead atoms. The van der Waals surface area contributed by atoms with Crippen molar-refractivity contribution in [2.24, 2.45) is 0 Å². The number of hydrogen-bond donors (Lipinski definition) is 1. The first-order valence-corrected chi connectivity index (χ1v) is 7.07.